The van der Waals surface area contributed by atoms with Crippen LogP contribution in [0, 0.1) is 0 Å². The number of guanidine groups is 1. The van der Waals surface area contributed by atoms with Gasteiger partial charge in [0.1, 0.15) is 0 Å². The third-order valence-corrected chi connectivity index (χ3v) is 4.53. The second kappa shape index (κ2) is 11.5. The topological polar surface area (TPSA) is 58.1 Å². The number of hydrogen-bond acceptors (Lipinski definition) is 4. The van der Waals surface area contributed by atoms with Gasteiger partial charge >= 0.3 is 0 Å². The number of halogens is 1. The summed E-state index contributed by atoms with van der Waals surface area (Å²) < 4.78 is 11.7. The van der Waals surface area contributed by atoms with Gasteiger partial charge in [-0.3, -0.25) is 4.99 Å². The van der Waals surface area contributed by atoms with E-state index in [9.17, 15) is 0 Å². The van der Waals surface area contributed by atoms with Crippen molar-refractivity contribution in [2.75, 3.05) is 40.3 Å². The van der Waals surface area contributed by atoms with E-state index in [0.29, 0.717) is 24.8 Å². The quantitative estimate of drug-likeness (QED) is 0.317. The molecule has 0 amide bonds. The molecule has 0 saturated carbocycles. The Morgan fingerprint density at radius 2 is 2.12 bits per heavy atom. The minimum Gasteiger partial charge on any atom is -0.377 e. The largest absolute Gasteiger partial charge is 0.377 e. The molecule has 2 heterocycles. The average Bonchev–Trinajstić information content (AvgIpc) is 3.12. The number of nitrogens with zero attached hydrogens (tertiary/aromatic N) is 2. The van der Waals surface area contributed by atoms with Crippen molar-refractivity contribution in [2.24, 2.45) is 4.99 Å². The van der Waals surface area contributed by atoms with Gasteiger partial charge in [-0.1, -0.05) is 0 Å². The maximum absolute atomic E-state index is 5.92. The van der Waals surface area contributed by atoms with Gasteiger partial charge in [0.2, 0.25) is 0 Å². The molecule has 0 aromatic heterocycles. The zero-order chi connectivity index (χ0) is 16.7. The van der Waals surface area contributed by atoms with Crippen molar-refractivity contribution in [3.8, 4) is 0 Å². The number of rotatable bonds is 9. The maximum Gasteiger partial charge on any atom is 0.191 e. The lowest BCUT2D eigenvalue weighted by molar-refractivity contribution is 0.0582. The van der Waals surface area contributed by atoms with Crippen molar-refractivity contribution in [3.05, 3.63) is 0 Å². The molecule has 142 valence electrons. The average molecular weight is 454 g/mol. The summed E-state index contributed by atoms with van der Waals surface area (Å²) in [6.07, 6.45) is 5.48. The lowest BCUT2D eigenvalue weighted by Gasteiger charge is -2.23. The number of ether oxygens (including phenoxy) is 2. The molecular weight excluding hydrogens is 419 g/mol. The van der Waals surface area contributed by atoms with Gasteiger partial charge in [-0.15, -0.1) is 24.0 Å². The molecule has 2 saturated heterocycles. The highest BCUT2D eigenvalue weighted by Gasteiger charge is 2.41. The minimum absolute atomic E-state index is 0. The molecule has 2 aliphatic rings. The number of nitrogens with one attached hydrogen (secondary N) is 2. The normalized spacial score (nSPS) is 27.2. The smallest absolute Gasteiger partial charge is 0.191 e. The third kappa shape index (κ3) is 7.01. The molecule has 0 aliphatic carbocycles. The maximum atomic E-state index is 5.92. The van der Waals surface area contributed by atoms with Crippen LogP contribution in [0.2, 0.25) is 0 Å². The number of hydrogen-bond donors (Lipinski definition) is 2. The molecule has 2 rings (SSSR count). The van der Waals surface area contributed by atoms with E-state index in [4.69, 9.17) is 14.5 Å². The molecule has 6 nitrogen and oxygen atoms in total. The Morgan fingerprint density at radius 3 is 2.67 bits per heavy atom. The van der Waals surface area contributed by atoms with E-state index in [1.807, 2.05) is 6.92 Å². The van der Waals surface area contributed by atoms with Gasteiger partial charge in [0, 0.05) is 19.7 Å². The van der Waals surface area contributed by atoms with Crippen LogP contribution >= 0.6 is 24.0 Å². The number of fused-ring (bicyclic) bond motifs is 2. The first-order valence-electron chi connectivity index (χ1n) is 9.09. The summed E-state index contributed by atoms with van der Waals surface area (Å²) in [5.41, 5.74) is 0. The van der Waals surface area contributed by atoms with E-state index in [2.05, 4.69) is 36.6 Å². The van der Waals surface area contributed by atoms with Crippen LogP contribution in [0.1, 0.15) is 39.5 Å². The number of aliphatic imine (C=N–C) groups is 1. The van der Waals surface area contributed by atoms with E-state index < -0.39 is 0 Å². The van der Waals surface area contributed by atoms with Gasteiger partial charge in [0.25, 0.3) is 0 Å². The summed E-state index contributed by atoms with van der Waals surface area (Å²) in [5.74, 6) is 0.892. The Balaban J connectivity index is 0.00000288. The molecule has 4 atom stereocenters. The Bertz CT molecular complexity index is 382. The van der Waals surface area contributed by atoms with Crippen LogP contribution in [0.5, 0.6) is 0 Å². The first-order chi connectivity index (χ1) is 11.1. The molecule has 2 aliphatic heterocycles. The van der Waals surface area contributed by atoms with E-state index >= 15 is 0 Å². The second-order valence-electron chi connectivity index (χ2n) is 6.75. The van der Waals surface area contributed by atoms with Crippen LogP contribution in [0.15, 0.2) is 4.99 Å². The van der Waals surface area contributed by atoms with Crippen LogP contribution in [-0.4, -0.2) is 75.5 Å². The molecule has 7 heteroatoms. The van der Waals surface area contributed by atoms with Crippen molar-refractivity contribution in [3.63, 3.8) is 0 Å². The third-order valence-electron chi connectivity index (χ3n) is 4.53. The Morgan fingerprint density at radius 1 is 1.33 bits per heavy atom. The predicted octanol–water partition coefficient (Wildman–Crippen LogP) is 1.84. The highest BCUT2D eigenvalue weighted by Crippen LogP contribution is 2.34. The van der Waals surface area contributed by atoms with E-state index in [-0.39, 0.29) is 30.1 Å². The lowest BCUT2D eigenvalue weighted by Crippen LogP contribution is -2.47. The molecule has 24 heavy (non-hydrogen) atoms. The van der Waals surface area contributed by atoms with Crippen molar-refractivity contribution in [1.82, 2.24) is 15.5 Å². The van der Waals surface area contributed by atoms with Gasteiger partial charge in [-0.05, 0) is 53.6 Å². The zero-order valence-corrected chi connectivity index (χ0v) is 17.9. The molecule has 0 spiro atoms. The Hall–Kier alpha value is -0.120. The fourth-order valence-corrected chi connectivity index (χ4v) is 3.34. The van der Waals surface area contributed by atoms with E-state index in [1.165, 1.54) is 12.8 Å². The van der Waals surface area contributed by atoms with Crippen LogP contribution in [-0.2, 0) is 9.47 Å². The molecule has 0 aromatic rings. The van der Waals surface area contributed by atoms with E-state index in [1.54, 1.807) is 0 Å². The van der Waals surface area contributed by atoms with Crippen molar-refractivity contribution < 1.29 is 9.47 Å². The predicted molar refractivity (Wildman–Crippen MR) is 109 cm³/mol. The first-order valence-corrected chi connectivity index (χ1v) is 9.09. The van der Waals surface area contributed by atoms with Gasteiger partial charge in [-0.2, -0.15) is 0 Å². The molecule has 4 unspecified atom stereocenters. The molecule has 2 fully saturated rings. The Kier molecular flexibility index (Phi) is 10.5. The van der Waals surface area contributed by atoms with Crippen LogP contribution in [0.25, 0.3) is 0 Å². The highest BCUT2D eigenvalue weighted by atomic mass is 127. The van der Waals surface area contributed by atoms with Gasteiger partial charge in [-0.25, -0.2) is 0 Å². The minimum atomic E-state index is 0. The van der Waals surface area contributed by atoms with Crippen LogP contribution in [0.3, 0.4) is 0 Å². The molecule has 0 aromatic carbocycles. The lowest BCUT2D eigenvalue weighted by atomic mass is 9.96. The summed E-state index contributed by atoms with van der Waals surface area (Å²) in [4.78, 5) is 6.94. The summed E-state index contributed by atoms with van der Waals surface area (Å²) >= 11 is 0. The zero-order valence-electron chi connectivity index (χ0n) is 15.6. The molecule has 2 N–H and O–H groups in total. The summed E-state index contributed by atoms with van der Waals surface area (Å²) in [5, 5.41) is 6.91. The van der Waals surface area contributed by atoms with Crippen molar-refractivity contribution >= 4 is 29.9 Å². The molecule has 2 bridgehead atoms. The van der Waals surface area contributed by atoms with Gasteiger partial charge < -0.3 is 25.0 Å². The standard InChI is InChI=1S/C17H34N4O2.HI/c1-5-18-17(20-15-11-13-7-8-16(15)23-13)19-12-14(22-6-2)9-10-21(3)4;/h13-16H,5-12H2,1-4H3,(H2,18,19,20);1H. The first kappa shape index (κ1) is 21.9. The monoisotopic (exact) mass is 454 g/mol. The van der Waals surface area contributed by atoms with Crippen LogP contribution in [0.4, 0.5) is 0 Å². The van der Waals surface area contributed by atoms with Gasteiger partial charge in [0.05, 0.1) is 30.9 Å². The van der Waals surface area contributed by atoms with Crippen molar-refractivity contribution in [1.29, 1.82) is 0 Å². The SMILES string of the molecule is CCNC(=NCC(CCN(C)C)OCC)NC1CC2CCC1O2.I. The summed E-state index contributed by atoms with van der Waals surface area (Å²) in [6.45, 7) is 7.45. The molecular formula is C17H35IN4O2. The fraction of sp³-hybridized carbons (Fsp3) is 0.941. The molecule has 0 radical (unpaired) electrons. The Labute approximate surface area is 164 Å². The van der Waals surface area contributed by atoms with Gasteiger partial charge in [0.15, 0.2) is 5.96 Å². The summed E-state index contributed by atoms with van der Waals surface area (Å²) in [7, 11) is 4.18. The highest BCUT2D eigenvalue weighted by molar-refractivity contribution is 14.0. The summed E-state index contributed by atoms with van der Waals surface area (Å²) in [6, 6.07) is 0.402. The van der Waals surface area contributed by atoms with E-state index in [0.717, 1.165) is 38.5 Å². The van der Waals surface area contributed by atoms with Crippen molar-refractivity contribution in [2.45, 2.75) is 63.9 Å². The fourth-order valence-electron chi connectivity index (χ4n) is 3.34. The van der Waals surface area contributed by atoms with Crippen LogP contribution < -0.4 is 10.6 Å². The second-order valence-corrected chi connectivity index (χ2v) is 6.75.